The number of ether oxygens (including phenoxy) is 2. The minimum absolute atomic E-state index is 0.241. The Balaban J connectivity index is 1.77. The van der Waals surface area contributed by atoms with Gasteiger partial charge in [0.15, 0.2) is 0 Å². The zero-order valence-electron chi connectivity index (χ0n) is 16.0. The number of amides is 4. The molecule has 0 saturated heterocycles. The van der Waals surface area contributed by atoms with Crippen LogP contribution in [0.15, 0.2) is 36.4 Å². The molecule has 0 atom stereocenters. The number of imide groups is 1. The Bertz CT molecular complexity index is 955. The van der Waals surface area contributed by atoms with Crippen LogP contribution in [0, 0.1) is 0 Å². The van der Waals surface area contributed by atoms with Crippen LogP contribution in [0.1, 0.15) is 34.6 Å². The van der Waals surface area contributed by atoms with Crippen molar-refractivity contribution in [2.45, 2.75) is 19.9 Å². The molecule has 4 amide bonds. The van der Waals surface area contributed by atoms with E-state index < -0.39 is 6.03 Å². The summed E-state index contributed by atoms with van der Waals surface area (Å²) in [5, 5.41) is 5.34. The highest BCUT2D eigenvalue weighted by atomic mass is 16.5. The third kappa shape index (κ3) is 3.48. The molecule has 8 nitrogen and oxygen atoms in total. The van der Waals surface area contributed by atoms with Gasteiger partial charge in [0.25, 0.3) is 11.8 Å². The predicted octanol–water partition coefficient (Wildman–Crippen LogP) is 3.35. The van der Waals surface area contributed by atoms with Crippen molar-refractivity contribution in [2.24, 2.45) is 0 Å². The molecule has 0 aromatic heterocycles. The zero-order valence-corrected chi connectivity index (χ0v) is 16.0. The molecule has 8 heteroatoms. The van der Waals surface area contributed by atoms with Gasteiger partial charge in [0, 0.05) is 17.8 Å². The number of methoxy groups -OCH3 is 2. The van der Waals surface area contributed by atoms with Crippen molar-refractivity contribution in [2.75, 3.05) is 24.9 Å². The molecule has 2 aromatic carbocycles. The van der Waals surface area contributed by atoms with Crippen molar-refractivity contribution in [1.29, 1.82) is 0 Å². The van der Waals surface area contributed by atoms with Crippen molar-refractivity contribution in [3.63, 3.8) is 0 Å². The number of urea groups is 1. The van der Waals surface area contributed by atoms with Gasteiger partial charge in [0.2, 0.25) is 0 Å². The zero-order chi connectivity index (χ0) is 20.4. The van der Waals surface area contributed by atoms with Crippen LogP contribution >= 0.6 is 0 Å². The lowest BCUT2D eigenvalue weighted by atomic mass is 10.1. The first-order chi connectivity index (χ1) is 13.3. The van der Waals surface area contributed by atoms with Crippen LogP contribution in [0.5, 0.6) is 11.5 Å². The Morgan fingerprint density at radius 2 is 1.64 bits per heavy atom. The van der Waals surface area contributed by atoms with Gasteiger partial charge in [0.05, 0.1) is 31.0 Å². The molecule has 3 rings (SSSR count). The molecule has 0 saturated carbocycles. The number of nitrogens with one attached hydrogen (secondary N) is 2. The summed E-state index contributed by atoms with van der Waals surface area (Å²) >= 11 is 0. The van der Waals surface area contributed by atoms with E-state index in [0.29, 0.717) is 28.4 Å². The molecule has 1 aliphatic heterocycles. The maximum Gasteiger partial charge on any atom is 0.323 e. The second-order valence-corrected chi connectivity index (χ2v) is 6.48. The summed E-state index contributed by atoms with van der Waals surface area (Å²) in [6, 6.07) is 8.87. The number of fused-ring (bicyclic) bond motifs is 1. The van der Waals surface area contributed by atoms with Crippen LogP contribution < -0.4 is 20.1 Å². The summed E-state index contributed by atoms with van der Waals surface area (Å²) in [5.41, 5.74) is 1.47. The van der Waals surface area contributed by atoms with E-state index in [-0.39, 0.29) is 23.4 Å². The van der Waals surface area contributed by atoms with Crippen molar-refractivity contribution in [3.8, 4) is 11.5 Å². The molecule has 0 spiro atoms. The van der Waals surface area contributed by atoms with E-state index in [4.69, 9.17) is 9.47 Å². The van der Waals surface area contributed by atoms with Gasteiger partial charge in [-0.1, -0.05) is 0 Å². The summed E-state index contributed by atoms with van der Waals surface area (Å²) in [5.74, 6) is 0.348. The van der Waals surface area contributed by atoms with E-state index in [9.17, 15) is 14.4 Å². The average molecular weight is 383 g/mol. The lowest BCUT2D eigenvalue weighted by molar-refractivity contribution is 0.0609. The number of benzene rings is 2. The highest BCUT2D eigenvalue weighted by molar-refractivity contribution is 6.22. The largest absolute Gasteiger partial charge is 0.497 e. The van der Waals surface area contributed by atoms with E-state index in [1.54, 1.807) is 44.2 Å². The number of carbonyl (C=O) groups is 3. The first-order valence-electron chi connectivity index (χ1n) is 8.67. The van der Waals surface area contributed by atoms with Gasteiger partial charge in [-0.3, -0.25) is 14.5 Å². The first-order valence-corrected chi connectivity index (χ1v) is 8.67. The fourth-order valence-electron chi connectivity index (χ4n) is 2.99. The second kappa shape index (κ2) is 7.59. The number of anilines is 2. The lowest BCUT2D eigenvalue weighted by Gasteiger charge is -2.17. The molecule has 2 aromatic rings. The Morgan fingerprint density at radius 1 is 0.929 bits per heavy atom. The Hall–Kier alpha value is -3.55. The van der Waals surface area contributed by atoms with E-state index in [1.807, 2.05) is 0 Å². The molecule has 0 unspecified atom stereocenters. The van der Waals surface area contributed by atoms with Crippen LogP contribution in [0.2, 0.25) is 0 Å². The van der Waals surface area contributed by atoms with Crippen molar-refractivity contribution < 1.29 is 23.9 Å². The molecule has 0 bridgehead atoms. The number of hydrogen-bond donors (Lipinski definition) is 2. The highest BCUT2D eigenvalue weighted by Crippen LogP contribution is 2.30. The SMILES string of the molecule is COc1ccc(NC(=O)Nc2ccc3c(c2)C(=O)N(C(C)C)C3=O)c(OC)c1. The van der Waals surface area contributed by atoms with E-state index in [1.165, 1.54) is 25.2 Å². The summed E-state index contributed by atoms with van der Waals surface area (Å²) in [4.78, 5) is 38.4. The van der Waals surface area contributed by atoms with Crippen molar-refractivity contribution in [3.05, 3.63) is 47.5 Å². The second-order valence-electron chi connectivity index (χ2n) is 6.48. The molecular weight excluding hydrogens is 362 g/mol. The standard InChI is InChI=1S/C20H21N3O5/c1-11(2)23-18(24)14-7-5-12(9-15(14)19(23)25)21-20(26)22-16-8-6-13(27-3)10-17(16)28-4/h5-11H,1-4H3,(H2,21,22,26). The third-order valence-corrected chi connectivity index (χ3v) is 4.35. The Morgan fingerprint density at radius 3 is 2.29 bits per heavy atom. The number of carbonyl (C=O) groups excluding carboxylic acids is 3. The molecule has 146 valence electrons. The topological polar surface area (TPSA) is 97.0 Å². The van der Waals surface area contributed by atoms with E-state index in [0.717, 1.165) is 0 Å². The maximum atomic E-state index is 12.5. The van der Waals surface area contributed by atoms with Crippen molar-refractivity contribution >= 4 is 29.2 Å². The van der Waals surface area contributed by atoms with Gasteiger partial charge >= 0.3 is 6.03 Å². The van der Waals surface area contributed by atoms with Gasteiger partial charge in [-0.25, -0.2) is 4.79 Å². The van der Waals surface area contributed by atoms with E-state index >= 15 is 0 Å². The Labute approximate surface area is 162 Å². The molecule has 1 aliphatic rings. The van der Waals surface area contributed by atoms with Gasteiger partial charge in [-0.05, 0) is 44.2 Å². The third-order valence-electron chi connectivity index (χ3n) is 4.35. The smallest absolute Gasteiger partial charge is 0.323 e. The highest BCUT2D eigenvalue weighted by Gasteiger charge is 2.37. The van der Waals surface area contributed by atoms with Gasteiger partial charge in [-0.15, -0.1) is 0 Å². The van der Waals surface area contributed by atoms with Crippen LogP contribution in [-0.4, -0.2) is 43.0 Å². The minimum Gasteiger partial charge on any atom is -0.497 e. The van der Waals surface area contributed by atoms with Gasteiger partial charge in [-0.2, -0.15) is 0 Å². The monoisotopic (exact) mass is 383 g/mol. The number of nitrogens with zero attached hydrogens (tertiary/aromatic N) is 1. The van der Waals surface area contributed by atoms with Crippen LogP contribution in [-0.2, 0) is 0 Å². The average Bonchev–Trinajstić information content (AvgIpc) is 2.92. The first kappa shape index (κ1) is 19.2. The molecule has 2 N–H and O–H groups in total. The normalized spacial score (nSPS) is 12.8. The van der Waals surface area contributed by atoms with E-state index in [2.05, 4.69) is 10.6 Å². The fraction of sp³-hybridized carbons (Fsp3) is 0.250. The number of hydrogen-bond acceptors (Lipinski definition) is 5. The molecule has 0 radical (unpaired) electrons. The van der Waals surface area contributed by atoms with Crippen LogP contribution in [0.3, 0.4) is 0 Å². The summed E-state index contributed by atoms with van der Waals surface area (Å²) in [6.45, 7) is 3.55. The number of rotatable bonds is 5. The Kier molecular flexibility index (Phi) is 5.21. The molecule has 1 heterocycles. The maximum absolute atomic E-state index is 12.5. The fourth-order valence-corrected chi connectivity index (χ4v) is 2.99. The molecule has 0 aliphatic carbocycles. The van der Waals surface area contributed by atoms with Crippen LogP contribution in [0.25, 0.3) is 0 Å². The summed E-state index contributed by atoms with van der Waals surface area (Å²) in [7, 11) is 3.02. The molecular formula is C20H21N3O5. The predicted molar refractivity (Wildman–Crippen MR) is 104 cm³/mol. The quantitative estimate of drug-likeness (QED) is 0.772. The summed E-state index contributed by atoms with van der Waals surface area (Å²) in [6.07, 6.45) is 0. The van der Waals surface area contributed by atoms with Gasteiger partial charge < -0.3 is 20.1 Å². The lowest BCUT2D eigenvalue weighted by Crippen LogP contribution is -2.35. The summed E-state index contributed by atoms with van der Waals surface area (Å²) < 4.78 is 10.4. The van der Waals surface area contributed by atoms with Crippen LogP contribution in [0.4, 0.5) is 16.2 Å². The van der Waals surface area contributed by atoms with Crippen molar-refractivity contribution in [1.82, 2.24) is 4.90 Å². The van der Waals surface area contributed by atoms with Gasteiger partial charge in [0.1, 0.15) is 11.5 Å². The molecule has 28 heavy (non-hydrogen) atoms. The minimum atomic E-state index is -0.513. The molecule has 0 fully saturated rings.